The fourth-order valence-electron chi connectivity index (χ4n) is 4.42. The van der Waals surface area contributed by atoms with E-state index in [1.165, 1.54) is 12.1 Å². The summed E-state index contributed by atoms with van der Waals surface area (Å²) in [5.74, 6) is -0.141. The maximum absolute atomic E-state index is 13.4. The lowest BCUT2D eigenvalue weighted by molar-refractivity contribution is -0.194. The zero-order valence-electron chi connectivity index (χ0n) is 16.2. The first-order chi connectivity index (χ1) is 14.0. The molecule has 0 amide bonds. The summed E-state index contributed by atoms with van der Waals surface area (Å²) in [5, 5.41) is 8.69. The van der Waals surface area contributed by atoms with Crippen molar-refractivity contribution in [3.63, 3.8) is 0 Å². The molecule has 1 saturated carbocycles. The lowest BCUT2D eigenvalue weighted by Gasteiger charge is -2.53. The van der Waals surface area contributed by atoms with E-state index in [0.29, 0.717) is 24.7 Å². The van der Waals surface area contributed by atoms with Crippen molar-refractivity contribution in [1.29, 1.82) is 0 Å². The molecule has 0 unspecified atom stereocenters. The van der Waals surface area contributed by atoms with Crippen molar-refractivity contribution in [2.75, 3.05) is 19.8 Å². The summed E-state index contributed by atoms with van der Waals surface area (Å²) in [6.07, 6.45) is 4.70. The van der Waals surface area contributed by atoms with Gasteiger partial charge in [-0.15, -0.1) is 0 Å². The molecule has 1 aliphatic carbocycles. The normalized spacial score (nSPS) is 25.7. The van der Waals surface area contributed by atoms with Gasteiger partial charge in [-0.1, -0.05) is 18.2 Å². The SMILES string of the molecule is O=C(O)COCCC12CCC(c3cccc(Oc4cccc(F)c4)c3)(CC1)OC2. The summed E-state index contributed by atoms with van der Waals surface area (Å²) in [5.41, 5.74) is 0.850. The Bertz CT molecular complexity index is 857. The summed E-state index contributed by atoms with van der Waals surface area (Å²) >= 11 is 0. The average molecular weight is 400 g/mol. The number of halogens is 1. The minimum atomic E-state index is -0.939. The van der Waals surface area contributed by atoms with Gasteiger partial charge in [-0.05, 0) is 67.3 Å². The smallest absolute Gasteiger partial charge is 0.329 e. The van der Waals surface area contributed by atoms with Crippen LogP contribution < -0.4 is 4.74 Å². The summed E-state index contributed by atoms with van der Waals surface area (Å²) < 4.78 is 30.9. The van der Waals surface area contributed by atoms with Crippen LogP contribution in [0, 0.1) is 11.2 Å². The molecular weight excluding hydrogens is 375 g/mol. The number of carboxylic acid groups (broad SMARTS) is 1. The summed E-state index contributed by atoms with van der Waals surface area (Å²) in [4.78, 5) is 10.6. The first-order valence-corrected chi connectivity index (χ1v) is 9.96. The van der Waals surface area contributed by atoms with Crippen molar-refractivity contribution < 1.29 is 28.5 Å². The van der Waals surface area contributed by atoms with Crippen LogP contribution in [-0.2, 0) is 19.9 Å². The molecule has 0 radical (unpaired) electrons. The molecule has 3 fully saturated rings. The molecule has 154 valence electrons. The molecule has 5 rings (SSSR count). The zero-order valence-corrected chi connectivity index (χ0v) is 16.2. The summed E-state index contributed by atoms with van der Waals surface area (Å²) in [6, 6.07) is 14.0. The van der Waals surface area contributed by atoms with Crippen LogP contribution in [0.15, 0.2) is 48.5 Å². The molecule has 2 bridgehead atoms. The van der Waals surface area contributed by atoms with Gasteiger partial charge in [-0.3, -0.25) is 0 Å². The van der Waals surface area contributed by atoms with Crippen molar-refractivity contribution >= 4 is 5.97 Å². The Morgan fingerprint density at radius 2 is 1.79 bits per heavy atom. The van der Waals surface area contributed by atoms with Gasteiger partial charge in [0.05, 0.1) is 12.2 Å². The van der Waals surface area contributed by atoms with Crippen LogP contribution in [0.4, 0.5) is 4.39 Å². The van der Waals surface area contributed by atoms with Crippen molar-refractivity contribution in [1.82, 2.24) is 0 Å². The Morgan fingerprint density at radius 1 is 1.07 bits per heavy atom. The first-order valence-electron chi connectivity index (χ1n) is 9.96. The molecule has 2 aromatic carbocycles. The van der Waals surface area contributed by atoms with E-state index in [9.17, 15) is 9.18 Å². The molecular formula is C23H25FO5. The molecule has 29 heavy (non-hydrogen) atoms. The largest absolute Gasteiger partial charge is 0.480 e. The van der Waals surface area contributed by atoms with E-state index in [0.717, 1.165) is 37.7 Å². The van der Waals surface area contributed by atoms with E-state index < -0.39 is 5.97 Å². The van der Waals surface area contributed by atoms with Crippen molar-refractivity contribution in [2.45, 2.75) is 37.7 Å². The van der Waals surface area contributed by atoms with Gasteiger partial charge in [0.25, 0.3) is 0 Å². The summed E-state index contributed by atoms with van der Waals surface area (Å²) in [6.45, 7) is 0.844. The topological polar surface area (TPSA) is 65.0 Å². The predicted octanol–water partition coefficient (Wildman–Crippen LogP) is 4.90. The Morgan fingerprint density at radius 3 is 2.45 bits per heavy atom. The lowest BCUT2D eigenvalue weighted by atomic mass is 9.63. The van der Waals surface area contributed by atoms with Gasteiger partial charge in [-0.25, -0.2) is 9.18 Å². The maximum atomic E-state index is 13.4. The number of fused-ring (bicyclic) bond motifs is 3. The van der Waals surface area contributed by atoms with Gasteiger partial charge in [0.1, 0.15) is 23.9 Å². The number of aliphatic carboxylic acids is 1. The van der Waals surface area contributed by atoms with E-state index in [4.69, 9.17) is 19.3 Å². The molecule has 0 aromatic heterocycles. The second-order valence-corrected chi connectivity index (χ2v) is 8.07. The zero-order chi connectivity index (χ0) is 20.3. The third-order valence-electron chi connectivity index (χ3n) is 6.17. The lowest BCUT2D eigenvalue weighted by Crippen LogP contribution is -2.49. The number of rotatable bonds is 8. The van der Waals surface area contributed by atoms with Crippen LogP contribution in [0.3, 0.4) is 0 Å². The highest BCUT2D eigenvalue weighted by Crippen LogP contribution is 2.55. The van der Waals surface area contributed by atoms with E-state index in [-0.39, 0.29) is 23.4 Å². The number of hydrogen-bond acceptors (Lipinski definition) is 4. The maximum Gasteiger partial charge on any atom is 0.329 e. The molecule has 1 N–H and O–H groups in total. The summed E-state index contributed by atoms with van der Waals surface area (Å²) in [7, 11) is 0. The molecule has 3 aliphatic rings. The van der Waals surface area contributed by atoms with Crippen molar-refractivity contribution in [3.8, 4) is 11.5 Å². The number of carbonyl (C=O) groups is 1. The third kappa shape index (κ3) is 4.43. The number of benzene rings is 2. The average Bonchev–Trinajstić information content (AvgIpc) is 2.73. The number of hydrogen-bond donors (Lipinski definition) is 1. The van der Waals surface area contributed by atoms with Gasteiger partial charge in [0.2, 0.25) is 0 Å². The molecule has 0 spiro atoms. The van der Waals surface area contributed by atoms with E-state index >= 15 is 0 Å². The molecule has 0 atom stereocenters. The first kappa shape index (κ1) is 19.9. The Balaban J connectivity index is 1.41. The minimum Gasteiger partial charge on any atom is -0.480 e. The number of ether oxygens (including phenoxy) is 3. The second-order valence-electron chi connectivity index (χ2n) is 8.07. The van der Waals surface area contributed by atoms with E-state index in [1.807, 2.05) is 18.2 Å². The van der Waals surface area contributed by atoms with E-state index in [1.54, 1.807) is 12.1 Å². The minimum absolute atomic E-state index is 0.0793. The van der Waals surface area contributed by atoms with E-state index in [2.05, 4.69) is 6.07 Å². The van der Waals surface area contributed by atoms with Crippen LogP contribution in [0.5, 0.6) is 11.5 Å². The molecule has 2 aliphatic heterocycles. The van der Waals surface area contributed by atoms with Crippen molar-refractivity contribution in [3.05, 3.63) is 59.9 Å². The molecule has 2 aromatic rings. The molecule has 6 heteroatoms. The van der Waals surface area contributed by atoms with Gasteiger partial charge in [0.15, 0.2) is 0 Å². The van der Waals surface area contributed by atoms with Crippen LogP contribution in [-0.4, -0.2) is 30.9 Å². The standard InChI is InChI=1S/C23H25FO5/c24-18-4-2-6-20(14-18)29-19-5-1-3-17(13-19)23-9-7-22(8-10-23,16-28-23)11-12-27-15-21(25)26/h1-6,13-14H,7-12,15-16H2,(H,25,26). The highest BCUT2D eigenvalue weighted by molar-refractivity contribution is 5.67. The Kier molecular flexibility index (Phi) is 5.56. The van der Waals surface area contributed by atoms with Crippen LogP contribution in [0.25, 0.3) is 0 Å². The Hall–Kier alpha value is -2.44. The highest BCUT2D eigenvalue weighted by atomic mass is 19.1. The van der Waals surface area contributed by atoms with Gasteiger partial charge < -0.3 is 19.3 Å². The third-order valence-corrected chi connectivity index (χ3v) is 6.17. The number of carboxylic acids is 1. The predicted molar refractivity (Wildman–Crippen MR) is 105 cm³/mol. The van der Waals surface area contributed by atoms with Crippen LogP contribution >= 0.6 is 0 Å². The Labute approximate surface area is 169 Å². The van der Waals surface area contributed by atoms with Crippen molar-refractivity contribution in [2.24, 2.45) is 5.41 Å². The fraction of sp³-hybridized carbons (Fsp3) is 0.435. The van der Waals surface area contributed by atoms with Gasteiger partial charge in [-0.2, -0.15) is 0 Å². The second kappa shape index (κ2) is 8.13. The monoisotopic (exact) mass is 400 g/mol. The molecule has 2 saturated heterocycles. The van der Waals surface area contributed by atoms with Crippen LogP contribution in [0.1, 0.15) is 37.7 Å². The molecule has 2 heterocycles. The van der Waals surface area contributed by atoms with Gasteiger partial charge in [0, 0.05) is 12.7 Å². The highest BCUT2D eigenvalue weighted by Gasteiger charge is 2.50. The fourth-order valence-corrected chi connectivity index (χ4v) is 4.42. The molecule has 5 nitrogen and oxygen atoms in total. The van der Waals surface area contributed by atoms with Crippen LogP contribution in [0.2, 0.25) is 0 Å². The van der Waals surface area contributed by atoms with Gasteiger partial charge >= 0.3 is 5.97 Å². The quantitative estimate of drug-likeness (QED) is 0.639.